The normalized spacial score (nSPS) is 13.6. The van der Waals surface area contributed by atoms with Crippen molar-refractivity contribution in [3.63, 3.8) is 0 Å². The minimum atomic E-state index is -0.500. The third kappa shape index (κ3) is 6.24. The van der Waals surface area contributed by atoms with E-state index in [1.54, 1.807) is 0 Å². The summed E-state index contributed by atoms with van der Waals surface area (Å²) in [7, 11) is 0. The third-order valence-electron chi connectivity index (χ3n) is 15.2. The minimum absolute atomic E-state index is 0.100. The predicted molar refractivity (Wildman–Crippen MR) is 290 cm³/mol. The van der Waals surface area contributed by atoms with Crippen LogP contribution in [0.4, 0.5) is 17.1 Å². The first-order chi connectivity index (χ1) is 34.0. The molecular formula is C68H49N. The molecule has 0 saturated carbocycles. The van der Waals surface area contributed by atoms with Crippen LogP contribution in [-0.4, -0.2) is 0 Å². The highest BCUT2D eigenvalue weighted by Gasteiger charge is 2.46. The van der Waals surface area contributed by atoms with E-state index in [-0.39, 0.29) is 5.41 Å². The van der Waals surface area contributed by atoms with Gasteiger partial charge in [-0.3, -0.25) is 0 Å². The number of benzene rings is 11. The molecule has 0 N–H and O–H groups in total. The Hall–Kier alpha value is -8.52. The smallest absolute Gasteiger partial charge is 0.0713 e. The van der Waals surface area contributed by atoms with Gasteiger partial charge in [0.15, 0.2) is 0 Å². The second kappa shape index (κ2) is 16.1. The molecule has 0 heterocycles. The molecule has 69 heavy (non-hydrogen) atoms. The lowest BCUT2D eigenvalue weighted by Crippen LogP contribution is -2.28. The summed E-state index contributed by atoms with van der Waals surface area (Å²) in [6.07, 6.45) is 0. The molecule has 0 radical (unpaired) electrons. The molecule has 1 nitrogen and oxygen atoms in total. The van der Waals surface area contributed by atoms with Crippen LogP contribution in [0.3, 0.4) is 0 Å². The molecule has 11 aromatic rings. The zero-order chi connectivity index (χ0) is 46.1. The van der Waals surface area contributed by atoms with E-state index < -0.39 is 5.41 Å². The van der Waals surface area contributed by atoms with Gasteiger partial charge in [-0.15, -0.1) is 0 Å². The summed E-state index contributed by atoms with van der Waals surface area (Å²) in [5.41, 5.74) is 22.9. The lowest BCUT2D eigenvalue weighted by molar-refractivity contribution is 0.660. The molecule has 2 aliphatic carbocycles. The molecule has 0 saturated heterocycles. The van der Waals surface area contributed by atoms with Crippen molar-refractivity contribution in [1.29, 1.82) is 0 Å². The Morgan fingerprint density at radius 1 is 0.290 bits per heavy atom. The summed E-state index contributed by atoms with van der Waals surface area (Å²) < 4.78 is 0. The summed E-state index contributed by atoms with van der Waals surface area (Å²) in [6.45, 7) is 4.74. The lowest BCUT2D eigenvalue weighted by Gasteiger charge is -2.34. The summed E-state index contributed by atoms with van der Waals surface area (Å²) in [5.74, 6) is 0. The van der Waals surface area contributed by atoms with Crippen molar-refractivity contribution in [2.75, 3.05) is 4.90 Å². The Labute approximate surface area is 405 Å². The SMILES string of the molecule is CC1(C)c2ccccc2-c2ccc(-c3ccc(N(c4ccc5c(c4)-c4ccccc4C5(c4ccccc4)c4ccccc4)c4cccc(-c5ccccc5)c4-c4ccccc4)c4ccccc34)cc21. The van der Waals surface area contributed by atoms with Crippen LogP contribution in [0.1, 0.15) is 47.2 Å². The van der Waals surface area contributed by atoms with Crippen LogP contribution in [0.2, 0.25) is 0 Å². The van der Waals surface area contributed by atoms with Crippen LogP contribution in [-0.2, 0) is 10.8 Å². The fourth-order valence-electron chi connectivity index (χ4n) is 12.1. The van der Waals surface area contributed by atoms with Crippen LogP contribution in [0.15, 0.2) is 261 Å². The fourth-order valence-corrected chi connectivity index (χ4v) is 12.1. The Morgan fingerprint density at radius 2 is 0.812 bits per heavy atom. The molecule has 11 aromatic carbocycles. The van der Waals surface area contributed by atoms with Crippen molar-refractivity contribution in [3.05, 3.63) is 294 Å². The fraction of sp³-hybridized carbons (Fsp3) is 0.0588. The Balaban J connectivity index is 1.08. The van der Waals surface area contributed by atoms with Gasteiger partial charge in [-0.05, 0) is 119 Å². The van der Waals surface area contributed by atoms with Gasteiger partial charge in [-0.25, -0.2) is 0 Å². The van der Waals surface area contributed by atoms with E-state index >= 15 is 0 Å². The van der Waals surface area contributed by atoms with Gasteiger partial charge in [0, 0.05) is 22.1 Å². The topological polar surface area (TPSA) is 3.24 Å². The number of nitrogens with zero attached hydrogens (tertiary/aromatic N) is 1. The van der Waals surface area contributed by atoms with Crippen molar-refractivity contribution in [2.45, 2.75) is 24.7 Å². The summed E-state index contributed by atoms with van der Waals surface area (Å²) >= 11 is 0. The van der Waals surface area contributed by atoms with Crippen LogP contribution < -0.4 is 4.90 Å². The van der Waals surface area contributed by atoms with E-state index in [0.29, 0.717) is 0 Å². The maximum atomic E-state index is 2.54. The molecule has 0 atom stereocenters. The molecule has 326 valence electrons. The lowest BCUT2D eigenvalue weighted by atomic mass is 9.68. The zero-order valence-electron chi connectivity index (χ0n) is 38.8. The molecule has 0 amide bonds. The van der Waals surface area contributed by atoms with Gasteiger partial charge in [0.05, 0.1) is 16.8 Å². The Kier molecular flexibility index (Phi) is 9.49. The van der Waals surface area contributed by atoms with E-state index in [4.69, 9.17) is 0 Å². The van der Waals surface area contributed by atoms with Gasteiger partial charge < -0.3 is 4.90 Å². The highest BCUT2D eigenvalue weighted by molar-refractivity contribution is 6.09. The van der Waals surface area contributed by atoms with E-state index in [9.17, 15) is 0 Å². The monoisotopic (exact) mass is 879 g/mol. The van der Waals surface area contributed by atoms with E-state index in [2.05, 4.69) is 280 Å². The molecule has 0 fully saturated rings. The minimum Gasteiger partial charge on any atom is -0.309 e. The number of anilines is 3. The molecule has 0 aromatic heterocycles. The van der Waals surface area contributed by atoms with Gasteiger partial charge in [0.2, 0.25) is 0 Å². The Morgan fingerprint density at radius 3 is 1.51 bits per heavy atom. The van der Waals surface area contributed by atoms with E-state index in [1.807, 2.05) is 0 Å². The predicted octanol–water partition coefficient (Wildman–Crippen LogP) is 18.0. The van der Waals surface area contributed by atoms with Crippen molar-refractivity contribution in [2.24, 2.45) is 0 Å². The van der Waals surface area contributed by atoms with Crippen molar-refractivity contribution in [1.82, 2.24) is 0 Å². The second-order valence-electron chi connectivity index (χ2n) is 19.1. The molecule has 0 unspecified atom stereocenters. The molecular weight excluding hydrogens is 831 g/mol. The average Bonchev–Trinajstić information content (AvgIpc) is 3.84. The number of fused-ring (bicyclic) bond motifs is 7. The number of hydrogen-bond donors (Lipinski definition) is 0. The standard InChI is InChI=1S/C68H49N/c1-67(2)60-35-19-17-31-55(60)57-40-38-48(44-63(57)67)52-41-43-64(58-33-16-15-30-54(52)58)69(65-37-21-34-53(46-22-7-3-8-23-46)66(65)47-24-9-4-10-25-47)51-39-42-62-59(45-51)56-32-18-20-36-61(56)68(62,49-26-11-5-12-27-49)50-28-13-6-14-29-50/h3-45H,1-2H3. The van der Waals surface area contributed by atoms with Crippen molar-refractivity contribution >= 4 is 27.8 Å². The van der Waals surface area contributed by atoms with Crippen LogP contribution in [0, 0.1) is 0 Å². The van der Waals surface area contributed by atoms with Gasteiger partial charge in [-0.2, -0.15) is 0 Å². The van der Waals surface area contributed by atoms with Crippen LogP contribution in [0.25, 0.3) is 66.4 Å². The summed E-state index contributed by atoms with van der Waals surface area (Å²) in [6, 6.07) is 96.9. The van der Waals surface area contributed by atoms with Crippen molar-refractivity contribution < 1.29 is 0 Å². The van der Waals surface area contributed by atoms with Gasteiger partial charge in [0.1, 0.15) is 0 Å². The quantitative estimate of drug-likeness (QED) is 0.147. The average molecular weight is 880 g/mol. The summed E-state index contributed by atoms with van der Waals surface area (Å²) in [4.78, 5) is 2.54. The number of hydrogen-bond acceptors (Lipinski definition) is 1. The molecule has 0 bridgehead atoms. The van der Waals surface area contributed by atoms with Crippen molar-refractivity contribution in [3.8, 4) is 55.6 Å². The summed E-state index contributed by atoms with van der Waals surface area (Å²) in [5, 5.41) is 2.40. The first-order valence-electron chi connectivity index (χ1n) is 24.2. The van der Waals surface area contributed by atoms with Crippen LogP contribution >= 0.6 is 0 Å². The maximum Gasteiger partial charge on any atom is 0.0713 e. The molecule has 0 spiro atoms. The largest absolute Gasteiger partial charge is 0.309 e. The first-order valence-corrected chi connectivity index (χ1v) is 24.2. The molecule has 1 heteroatoms. The Bertz CT molecular complexity index is 3700. The zero-order valence-corrected chi connectivity index (χ0v) is 38.8. The number of rotatable bonds is 8. The van der Waals surface area contributed by atoms with E-state index in [0.717, 1.165) is 17.1 Å². The van der Waals surface area contributed by atoms with Gasteiger partial charge >= 0.3 is 0 Å². The highest BCUT2D eigenvalue weighted by atomic mass is 15.1. The van der Waals surface area contributed by atoms with Crippen LogP contribution in [0.5, 0.6) is 0 Å². The van der Waals surface area contributed by atoms with E-state index in [1.165, 1.54) is 99.8 Å². The highest BCUT2D eigenvalue weighted by Crippen LogP contribution is 2.58. The third-order valence-corrected chi connectivity index (χ3v) is 15.2. The maximum absolute atomic E-state index is 2.54. The molecule has 13 rings (SSSR count). The molecule has 0 aliphatic heterocycles. The van der Waals surface area contributed by atoms with Gasteiger partial charge in [-0.1, -0.05) is 244 Å². The second-order valence-corrected chi connectivity index (χ2v) is 19.1. The molecule has 2 aliphatic rings. The van der Waals surface area contributed by atoms with Gasteiger partial charge in [0.25, 0.3) is 0 Å². The first kappa shape index (κ1) is 40.7.